The van der Waals surface area contributed by atoms with E-state index in [9.17, 15) is 18.4 Å². The van der Waals surface area contributed by atoms with Crippen molar-refractivity contribution in [1.29, 1.82) is 5.26 Å². The van der Waals surface area contributed by atoms with Crippen molar-refractivity contribution in [1.82, 2.24) is 14.3 Å². The quantitative estimate of drug-likeness (QED) is 0.541. The van der Waals surface area contributed by atoms with Crippen molar-refractivity contribution < 1.29 is 27.4 Å². The van der Waals surface area contributed by atoms with Crippen molar-refractivity contribution in [2.75, 3.05) is 40.5 Å². The van der Waals surface area contributed by atoms with Gasteiger partial charge < -0.3 is 19.9 Å². The Labute approximate surface area is 200 Å². The van der Waals surface area contributed by atoms with Crippen LogP contribution in [0.2, 0.25) is 0 Å². The van der Waals surface area contributed by atoms with E-state index < -0.39 is 18.3 Å². The van der Waals surface area contributed by atoms with Crippen molar-refractivity contribution in [3.05, 3.63) is 42.1 Å². The van der Waals surface area contributed by atoms with Gasteiger partial charge in [0.05, 0.1) is 38.2 Å². The van der Waals surface area contributed by atoms with Crippen molar-refractivity contribution in [2.45, 2.75) is 24.6 Å². The van der Waals surface area contributed by atoms with Crippen LogP contribution in [0.4, 0.5) is 13.2 Å². The number of piperidine rings is 1. The van der Waals surface area contributed by atoms with Crippen LogP contribution in [0.15, 0.2) is 36.5 Å². The molecule has 1 fully saturated rings. The van der Waals surface area contributed by atoms with Crippen LogP contribution < -0.4 is 19.9 Å². The molecule has 4 rings (SSSR count). The third-order valence-corrected chi connectivity index (χ3v) is 6.00. The monoisotopic (exact) mass is 489 g/mol. The Morgan fingerprint density at radius 2 is 1.97 bits per heavy atom. The van der Waals surface area contributed by atoms with E-state index in [1.807, 2.05) is 16.5 Å². The molecule has 0 amide bonds. The standard InChI is InChI=1S/C24H26F3N5O3/c1-33-19-9-16(18-12-30-21-5-3-6-22(34-2)32(18)21)10-20(17(19)11-28)35-15-23(29)7-4-8-31(13-23)14-24(25,26)27/h3,5-6,9-10,12H,4,7-8,13-15,29H2,1-2H3. The minimum atomic E-state index is -4.30. The second kappa shape index (κ2) is 9.64. The number of fused-ring (bicyclic) bond motifs is 1. The first-order valence-corrected chi connectivity index (χ1v) is 11.0. The molecule has 2 aromatic heterocycles. The van der Waals surface area contributed by atoms with Crippen LogP contribution in [-0.4, -0.2) is 66.5 Å². The van der Waals surface area contributed by atoms with Gasteiger partial charge in [0, 0.05) is 12.1 Å². The maximum atomic E-state index is 12.9. The maximum absolute atomic E-state index is 12.9. The highest BCUT2D eigenvalue weighted by Crippen LogP contribution is 2.36. The van der Waals surface area contributed by atoms with Crippen molar-refractivity contribution in [3.8, 4) is 34.7 Å². The molecule has 1 atom stereocenters. The minimum Gasteiger partial charge on any atom is -0.495 e. The SMILES string of the molecule is COc1cc(-c2cnc3cccc(OC)n23)cc(OCC2(N)CCCN(CC(F)(F)F)C2)c1C#N. The van der Waals surface area contributed by atoms with E-state index in [0.717, 1.165) is 0 Å². The number of nitrogens with two attached hydrogens (primary N) is 1. The van der Waals surface area contributed by atoms with Gasteiger partial charge in [-0.15, -0.1) is 0 Å². The average Bonchev–Trinajstić information content (AvgIpc) is 3.25. The summed E-state index contributed by atoms with van der Waals surface area (Å²) < 4.78 is 57.4. The van der Waals surface area contributed by atoms with E-state index >= 15 is 0 Å². The minimum absolute atomic E-state index is 0.0374. The lowest BCUT2D eigenvalue weighted by atomic mass is 9.91. The van der Waals surface area contributed by atoms with Crippen LogP contribution in [0.5, 0.6) is 17.4 Å². The molecule has 0 spiro atoms. The number of nitriles is 1. The zero-order valence-electron chi connectivity index (χ0n) is 19.4. The van der Waals surface area contributed by atoms with Gasteiger partial charge in [0.2, 0.25) is 0 Å². The van der Waals surface area contributed by atoms with Crippen LogP contribution in [0, 0.1) is 11.3 Å². The topological polar surface area (TPSA) is 98.0 Å². The van der Waals surface area contributed by atoms with Crippen LogP contribution in [0.3, 0.4) is 0 Å². The Kier molecular flexibility index (Phi) is 6.78. The first-order chi connectivity index (χ1) is 16.7. The highest BCUT2D eigenvalue weighted by Gasteiger charge is 2.38. The molecule has 2 N–H and O–H groups in total. The van der Waals surface area contributed by atoms with Crippen molar-refractivity contribution in [2.24, 2.45) is 5.73 Å². The lowest BCUT2D eigenvalue weighted by Gasteiger charge is -2.40. The van der Waals surface area contributed by atoms with Crippen LogP contribution in [-0.2, 0) is 0 Å². The number of aromatic nitrogens is 2. The number of benzene rings is 1. The summed E-state index contributed by atoms with van der Waals surface area (Å²) in [7, 11) is 3.00. The van der Waals surface area contributed by atoms with E-state index in [-0.39, 0.29) is 24.5 Å². The number of methoxy groups -OCH3 is 2. The number of rotatable bonds is 7. The molecule has 1 saturated heterocycles. The summed E-state index contributed by atoms with van der Waals surface area (Å²) in [5.74, 6) is 1.08. The molecule has 1 aromatic carbocycles. The zero-order chi connectivity index (χ0) is 25.2. The van der Waals surface area contributed by atoms with Crippen LogP contribution in [0.25, 0.3) is 16.9 Å². The van der Waals surface area contributed by atoms with Gasteiger partial charge in [-0.1, -0.05) is 6.07 Å². The fourth-order valence-electron chi connectivity index (χ4n) is 4.48. The zero-order valence-corrected chi connectivity index (χ0v) is 19.4. The molecule has 0 radical (unpaired) electrons. The normalized spacial score (nSPS) is 18.9. The molecule has 3 aromatic rings. The summed E-state index contributed by atoms with van der Waals surface area (Å²) in [5.41, 5.74) is 7.62. The van der Waals surface area contributed by atoms with Gasteiger partial charge in [-0.05, 0) is 43.7 Å². The molecule has 3 heterocycles. The van der Waals surface area contributed by atoms with Gasteiger partial charge in [0.1, 0.15) is 35.4 Å². The fraction of sp³-hybridized carbons (Fsp3) is 0.417. The summed E-state index contributed by atoms with van der Waals surface area (Å²) >= 11 is 0. The Morgan fingerprint density at radius 3 is 2.66 bits per heavy atom. The molecule has 1 aliphatic rings. The average molecular weight is 489 g/mol. The Hall–Kier alpha value is -3.49. The second-order valence-electron chi connectivity index (χ2n) is 8.65. The third kappa shape index (κ3) is 5.28. The molecule has 11 heteroatoms. The van der Waals surface area contributed by atoms with E-state index in [2.05, 4.69) is 11.1 Å². The molecule has 35 heavy (non-hydrogen) atoms. The number of alkyl halides is 3. The predicted molar refractivity (Wildman–Crippen MR) is 123 cm³/mol. The van der Waals surface area contributed by atoms with E-state index in [1.165, 1.54) is 12.0 Å². The number of likely N-dealkylation sites (tertiary alicyclic amines) is 1. The molecule has 1 unspecified atom stereocenters. The third-order valence-electron chi connectivity index (χ3n) is 6.00. The van der Waals surface area contributed by atoms with Crippen LogP contribution >= 0.6 is 0 Å². The number of pyridine rings is 1. The number of halogens is 3. The summed E-state index contributed by atoms with van der Waals surface area (Å²) in [4.78, 5) is 5.71. The Bertz CT molecular complexity index is 1250. The Morgan fingerprint density at radius 1 is 1.20 bits per heavy atom. The molecule has 8 nitrogen and oxygen atoms in total. The van der Waals surface area contributed by atoms with E-state index in [0.29, 0.717) is 47.9 Å². The highest BCUT2D eigenvalue weighted by atomic mass is 19.4. The molecule has 0 aliphatic carbocycles. The number of hydrogen-bond acceptors (Lipinski definition) is 7. The highest BCUT2D eigenvalue weighted by molar-refractivity contribution is 5.71. The van der Waals surface area contributed by atoms with Gasteiger partial charge >= 0.3 is 6.18 Å². The van der Waals surface area contributed by atoms with E-state index in [4.69, 9.17) is 19.9 Å². The number of hydrogen-bond donors (Lipinski definition) is 1. The molecule has 0 bridgehead atoms. The smallest absolute Gasteiger partial charge is 0.401 e. The van der Waals surface area contributed by atoms with Gasteiger partial charge in [0.25, 0.3) is 0 Å². The van der Waals surface area contributed by atoms with Gasteiger partial charge in [0.15, 0.2) is 5.88 Å². The molecule has 186 valence electrons. The molecule has 0 saturated carbocycles. The number of imidazole rings is 1. The lowest BCUT2D eigenvalue weighted by Crippen LogP contribution is -2.58. The predicted octanol–water partition coefficient (Wildman–Crippen LogP) is 3.62. The van der Waals surface area contributed by atoms with Gasteiger partial charge in [-0.2, -0.15) is 18.4 Å². The lowest BCUT2D eigenvalue weighted by molar-refractivity contribution is -0.150. The number of ether oxygens (including phenoxy) is 3. The van der Waals surface area contributed by atoms with Crippen LogP contribution in [0.1, 0.15) is 18.4 Å². The first kappa shape index (κ1) is 24.6. The molecular formula is C24H26F3N5O3. The van der Waals surface area contributed by atoms with Gasteiger partial charge in [-0.25, -0.2) is 4.98 Å². The van der Waals surface area contributed by atoms with Gasteiger partial charge in [-0.3, -0.25) is 9.30 Å². The molecule has 1 aliphatic heterocycles. The fourth-order valence-corrected chi connectivity index (χ4v) is 4.48. The largest absolute Gasteiger partial charge is 0.495 e. The van der Waals surface area contributed by atoms with E-state index in [1.54, 1.807) is 31.5 Å². The summed E-state index contributed by atoms with van der Waals surface area (Å²) in [6.45, 7) is -0.717. The summed E-state index contributed by atoms with van der Waals surface area (Å²) in [6, 6.07) is 10.9. The second-order valence-corrected chi connectivity index (χ2v) is 8.65. The van der Waals surface area contributed by atoms with Crippen molar-refractivity contribution >= 4 is 5.65 Å². The number of nitrogens with zero attached hydrogens (tertiary/aromatic N) is 4. The summed E-state index contributed by atoms with van der Waals surface area (Å²) in [5, 5.41) is 9.76. The van der Waals surface area contributed by atoms with Crippen molar-refractivity contribution in [3.63, 3.8) is 0 Å². The Balaban J connectivity index is 1.66. The molecular weight excluding hydrogens is 463 g/mol. The maximum Gasteiger partial charge on any atom is 0.401 e. The summed E-state index contributed by atoms with van der Waals surface area (Å²) in [6.07, 6.45) is -1.61. The first-order valence-electron chi connectivity index (χ1n) is 11.0.